The zero-order valence-corrected chi connectivity index (χ0v) is 16.6. The van der Waals surface area contributed by atoms with Crippen molar-refractivity contribution in [2.24, 2.45) is 0 Å². The summed E-state index contributed by atoms with van der Waals surface area (Å²) in [6, 6.07) is 0. The molecule has 0 aromatic carbocycles. The molecule has 0 fully saturated rings. The lowest BCUT2D eigenvalue weighted by molar-refractivity contribution is 0.0813. The van der Waals surface area contributed by atoms with Gasteiger partial charge in [-0.3, -0.25) is 0 Å². The smallest absolute Gasteiger partial charge is 0.0594 e. The maximum Gasteiger partial charge on any atom is 0.0594 e. The van der Waals surface area contributed by atoms with Gasteiger partial charge in [0.2, 0.25) is 0 Å². The van der Waals surface area contributed by atoms with Crippen LogP contribution < -0.4 is 0 Å². The molecule has 0 amide bonds. The third-order valence-corrected chi connectivity index (χ3v) is 4.42. The van der Waals surface area contributed by atoms with E-state index in [0.717, 1.165) is 26.3 Å². The zero-order valence-electron chi connectivity index (χ0n) is 16.6. The highest BCUT2D eigenvalue weighted by molar-refractivity contribution is 4.59. The first-order valence-corrected chi connectivity index (χ1v) is 10.3. The Hall–Kier alpha value is -0.120. The van der Waals surface area contributed by atoms with Crippen LogP contribution in [0.15, 0.2) is 0 Å². The number of hydrogen-bond donors (Lipinski definition) is 0. The number of nitrogens with zero attached hydrogens (tertiary/aromatic N) is 2. The predicted molar refractivity (Wildman–Crippen MR) is 103 cm³/mol. The van der Waals surface area contributed by atoms with Crippen LogP contribution in [-0.2, 0) is 4.74 Å². The normalized spacial score (nSPS) is 11.7. The minimum absolute atomic E-state index is 0.892. The molecule has 0 rings (SSSR count). The summed E-state index contributed by atoms with van der Waals surface area (Å²) < 4.78 is 5.93. The van der Waals surface area contributed by atoms with E-state index in [0.29, 0.717) is 0 Å². The average molecular weight is 329 g/mol. The molecule has 0 bridgehead atoms. The lowest BCUT2D eigenvalue weighted by Crippen LogP contribution is -2.32. The molecule has 140 valence electrons. The third-order valence-electron chi connectivity index (χ3n) is 4.42. The van der Waals surface area contributed by atoms with Crippen molar-refractivity contribution in [1.82, 2.24) is 9.80 Å². The zero-order chi connectivity index (χ0) is 17.2. The molecular weight excluding hydrogens is 284 g/mol. The Labute approximate surface area is 146 Å². The molecule has 0 unspecified atom stereocenters. The molecule has 0 heterocycles. The Balaban J connectivity index is 3.81. The summed E-state index contributed by atoms with van der Waals surface area (Å²) in [5.74, 6) is 0. The molecule has 0 saturated carbocycles. The average Bonchev–Trinajstić information content (AvgIpc) is 2.57. The Morgan fingerprint density at radius 3 is 1.04 bits per heavy atom. The SMILES string of the molecule is CCCCN(CCCC)CCOCCN(CCCC)CCCC. The fraction of sp³-hybridized carbons (Fsp3) is 1.00. The van der Waals surface area contributed by atoms with E-state index in [9.17, 15) is 0 Å². The maximum absolute atomic E-state index is 5.93. The summed E-state index contributed by atoms with van der Waals surface area (Å²) in [7, 11) is 0. The quantitative estimate of drug-likeness (QED) is 0.336. The summed E-state index contributed by atoms with van der Waals surface area (Å²) in [4.78, 5) is 5.16. The molecule has 0 atom stereocenters. The van der Waals surface area contributed by atoms with Crippen molar-refractivity contribution in [3.8, 4) is 0 Å². The van der Waals surface area contributed by atoms with Gasteiger partial charge in [0.1, 0.15) is 0 Å². The van der Waals surface area contributed by atoms with Crippen LogP contribution in [-0.4, -0.2) is 62.3 Å². The Morgan fingerprint density at radius 1 is 0.478 bits per heavy atom. The van der Waals surface area contributed by atoms with Crippen molar-refractivity contribution in [2.75, 3.05) is 52.5 Å². The molecular formula is C20H44N2O. The Bertz CT molecular complexity index is 186. The van der Waals surface area contributed by atoms with Gasteiger partial charge in [0.15, 0.2) is 0 Å². The van der Waals surface area contributed by atoms with E-state index in [1.807, 2.05) is 0 Å². The molecule has 0 N–H and O–H groups in total. The van der Waals surface area contributed by atoms with Gasteiger partial charge in [-0.1, -0.05) is 53.4 Å². The molecule has 0 radical (unpaired) electrons. The largest absolute Gasteiger partial charge is 0.379 e. The molecule has 0 aromatic rings. The summed E-state index contributed by atoms with van der Waals surface area (Å²) in [6.45, 7) is 18.0. The van der Waals surface area contributed by atoms with Crippen LogP contribution in [0.4, 0.5) is 0 Å². The molecule has 23 heavy (non-hydrogen) atoms. The number of ether oxygens (including phenoxy) is 1. The van der Waals surface area contributed by atoms with Crippen LogP contribution in [0, 0.1) is 0 Å². The number of hydrogen-bond acceptors (Lipinski definition) is 3. The molecule has 0 saturated heterocycles. The van der Waals surface area contributed by atoms with Crippen molar-refractivity contribution < 1.29 is 4.74 Å². The summed E-state index contributed by atoms with van der Waals surface area (Å²) in [6.07, 6.45) is 10.4. The van der Waals surface area contributed by atoms with Crippen molar-refractivity contribution >= 4 is 0 Å². The molecule has 0 aliphatic heterocycles. The second-order valence-electron chi connectivity index (χ2n) is 6.71. The van der Waals surface area contributed by atoms with Crippen molar-refractivity contribution in [3.63, 3.8) is 0 Å². The van der Waals surface area contributed by atoms with Gasteiger partial charge in [-0.2, -0.15) is 0 Å². The fourth-order valence-electron chi connectivity index (χ4n) is 2.69. The Kier molecular flexibility index (Phi) is 18.1. The van der Waals surface area contributed by atoms with E-state index < -0.39 is 0 Å². The van der Waals surface area contributed by atoms with Gasteiger partial charge in [-0.15, -0.1) is 0 Å². The summed E-state index contributed by atoms with van der Waals surface area (Å²) in [5, 5.41) is 0. The highest BCUT2D eigenvalue weighted by atomic mass is 16.5. The van der Waals surface area contributed by atoms with Gasteiger partial charge in [0, 0.05) is 13.1 Å². The minimum Gasteiger partial charge on any atom is -0.379 e. The molecule has 0 aliphatic rings. The van der Waals surface area contributed by atoms with Crippen molar-refractivity contribution in [1.29, 1.82) is 0 Å². The summed E-state index contributed by atoms with van der Waals surface area (Å²) >= 11 is 0. The number of unbranched alkanes of at least 4 members (excludes halogenated alkanes) is 4. The van der Waals surface area contributed by atoms with Gasteiger partial charge < -0.3 is 14.5 Å². The van der Waals surface area contributed by atoms with E-state index in [1.165, 1.54) is 77.5 Å². The highest BCUT2D eigenvalue weighted by Gasteiger charge is 2.06. The third kappa shape index (κ3) is 15.2. The van der Waals surface area contributed by atoms with Crippen molar-refractivity contribution in [3.05, 3.63) is 0 Å². The minimum atomic E-state index is 0.892. The van der Waals surface area contributed by atoms with Crippen LogP contribution >= 0.6 is 0 Å². The van der Waals surface area contributed by atoms with Gasteiger partial charge in [0.25, 0.3) is 0 Å². The maximum atomic E-state index is 5.93. The van der Waals surface area contributed by atoms with Crippen LogP contribution in [0.2, 0.25) is 0 Å². The van der Waals surface area contributed by atoms with Gasteiger partial charge in [-0.25, -0.2) is 0 Å². The van der Waals surface area contributed by atoms with Gasteiger partial charge in [0.05, 0.1) is 13.2 Å². The van der Waals surface area contributed by atoms with E-state index in [4.69, 9.17) is 4.74 Å². The van der Waals surface area contributed by atoms with Crippen molar-refractivity contribution in [2.45, 2.75) is 79.1 Å². The van der Waals surface area contributed by atoms with Gasteiger partial charge in [-0.05, 0) is 51.9 Å². The molecule has 3 nitrogen and oxygen atoms in total. The molecule has 0 aromatic heterocycles. The van der Waals surface area contributed by atoms with Crippen LogP contribution in [0.5, 0.6) is 0 Å². The van der Waals surface area contributed by atoms with E-state index in [2.05, 4.69) is 37.5 Å². The van der Waals surface area contributed by atoms with Crippen LogP contribution in [0.25, 0.3) is 0 Å². The second kappa shape index (κ2) is 18.2. The summed E-state index contributed by atoms with van der Waals surface area (Å²) in [5.41, 5.74) is 0. The van der Waals surface area contributed by atoms with Crippen LogP contribution in [0.3, 0.4) is 0 Å². The van der Waals surface area contributed by atoms with E-state index in [-0.39, 0.29) is 0 Å². The Morgan fingerprint density at radius 2 is 0.783 bits per heavy atom. The standard InChI is InChI=1S/C20H44N2O/c1-5-9-13-21(14-10-6-2)17-19-23-20-18-22(15-11-7-3)16-12-8-4/h5-20H2,1-4H3. The fourth-order valence-corrected chi connectivity index (χ4v) is 2.69. The molecule has 3 heteroatoms. The number of rotatable bonds is 18. The first-order chi connectivity index (χ1) is 11.3. The second-order valence-corrected chi connectivity index (χ2v) is 6.71. The molecule has 0 aliphatic carbocycles. The van der Waals surface area contributed by atoms with Gasteiger partial charge >= 0.3 is 0 Å². The highest BCUT2D eigenvalue weighted by Crippen LogP contribution is 2.01. The molecule has 0 spiro atoms. The lowest BCUT2D eigenvalue weighted by Gasteiger charge is -2.23. The lowest BCUT2D eigenvalue weighted by atomic mass is 10.2. The first-order valence-electron chi connectivity index (χ1n) is 10.3. The van der Waals surface area contributed by atoms with Crippen LogP contribution in [0.1, 0.15) is 79.1 Å². The van der Waals surface area contributed by atoms with E-state index >= 15 is 0 Å². The monoisotopic (exact) mass is 328 g/mol. The topological polar surface area (TPSA) is 15.7 Å². The first kappa shape index (κ1) is 22.9. The van der Waals surface area contributed by atoms with E-state index in [1.54, 1.807) is 0 Å². The predicted octanol–water partition coefficient (Wildman–Crippen LogP) is 4.81.